The maximum atomic E-state index is 13.1. The summed E-state index contributed by atoms with van der Waals surface area (Å²) in [6.07, 6.45) is 0. The van der Waals surface area contributed by atoms with Gasteiger partial charge in [-0.1, -0.05) is 0 Å². The maximum Gasteiger partial charge on any atom is 0.253 e. The quantitative estimate of drug-likeness (QED) is 0.852. The fourth-order valence-corrected chi connectivity index (χ4v) is 1.77. The molecule has 1 amide bonds. The van der Waals surface area contributed by atoms with Crippen molar-refractivity contribution in [2.24, 2.45) is 5.92 Å². The van der Waals surface area contributed by atoms with Gasteiger partial charge in [-0.2, -0.15) is 5.26 Å². The average Bonchev–Trinajstić information content (AvgIpc) is 2.38. The van der Waals surface area contributed by atoms with Crippen molar-refractivity contribution in [2.45, 2.75) is 18.7 Å². The first kappa shape index (κ1) is 14.5. The molecule has 0 aliphatic rings. The molecule has 96 valence electrons. The summed E-state index contributed by atoms with van der Waals surface area (Å²) in [5.41, 5.74) is 0.383. The number of nitrogens with zero attached hydrogens (tertiary/aromatic N) is 2. The fourth-order valence-electron chi connectivity index (χ4n) is 1.56. The van der Waals surface area contributed by atoms with E-state index < -0.39 is 5.82 Å². The average molecular weight is 266 g/mol. The number of amides is 1. The van der Waals surface area contributed by atoms with Crippen LogP contribution in [0.5, 0.6) is 0 Å². The molecule has 1 atom stereocenters. The van der Waals surface area contributed by atoms with Crippen LogP contribution in [-0.2, 0) is 0 Å². The minimum absolute atomic E-state index is 0.144. The fraction of sp³-hybridized carbons (Fsp3) is 0.385. The van der Waals surface area contributed by atoms with E-state index in [0.717, 1.165) is 0 Å². The Hall–Kier alpha value is -1.54. The molecule has 1 aromatic rings. The van der Waals surface area contributed by atoms with Crippen LogP contribution in [0.1, 0.15) is 24.2 Å². The topological polar surface area (TPSA) is 44.1 Å². The van der Waals surface area contributed by atoms with E-state index in [1.165, 1.54) is 18.2 Å². The zero-order chi connectivity index (χ0) is 13.7. The van der Waals surface area contributed by atoms with Gasteiger partial charge in [0.25, 0.3) is 5.91 Å². The van der Waals surface area contributed by atoms with Crippen molar-refractivity contribution < 1.29 is 9.18 Å². The third-order valence-corrected chi connectivity index (χ3v) is 2.92. The predicted molar refractivity (Wildman–Crippen MR) is 70.0 cm³/mol. The second-order valence-corrected chi connectivity index (χ2v) is 4.52. The molecule has 0 N–H and O–H groups in total. The van der Waals surface area contributed by atoms with Crippen LogP contribution in [0.2, 0.25) is 0 Å². The molecular weight excluding hydrogens is 251 g/mol. The van der Waals surface area contributed by atoms with Gasteiger partial charge in [-0.25, -0.2) is 4.39 Å². The Balaban J connectivity index is 2.90. The van der Waals surface area contributed by atoms with E-state index in [-0.39, 0.29) is 16.7 Å². The highest BCUT2D eigenvalue weighted by molar-refractivity contribution is 7.80. The Labute approximate surface area is 112 Å². The molecule has 1 unspecified atom stereocenters. The lowest BCUT2D eigenvalue weighted by Gasteiger charge is -2.22. The highest BCUT2D eigenvalue weighted by atomic mass is 32.1. The molecule has 18 heavy (non-hydrogen) atoms. The van der Waals surface area contributed by atoms with Crippen molar-refractivity contribution in [3.63, 3.8) is 0 Å². The summed E-state index contributed by atoms with van der Waals surface area (Å²) in [5, 5.41) is 8.76. The predicted octanol–water partition coefficient (Wildman–Crippen LogP) is 2.74. The van der Waals surface area contributed by atoms with Crippen LogP contribution in [0.3, 0.4) is 0 Å². The van der Waals surface area contributed by atoms with Gasteiger partial charge in [-0.15, -0.1) is 12.6 Å². The second kappa shape index (κ2) is 6.41. The van der Waals surface area contributed by atoms with Gasteiger partial charge in [-0.05, 0) is 32.0 Å². The molecule has 0 aliphatic heterocycles. The summed E-state index contributed by atoms with van der Waals surface area (Å²) in [6.45, 7) is 4.47. The van der Waals surface area contributed by atoms with Crippen LogP contribution >= 0.6 is 12.6 Å². The number of halogens is 1. The molecule has 5 heteroatoms. The van der Waals surface area contributed by atoms with Crippen LogP contribution in [0.15, 0.2) is 23.1 Å². The van der Waals surface area contributed by atoms with E-state index in [1.54, 1.807) is 11.8 Å². The minimum atomic E-state index is -0.455. The van der Waals surface area contributed by atoms with Crippen molar-refractivity contribution in [1.82, 2.24) is 4.90 Å². The Kier molecular flexibility index (Phi) is 5.17. The van der Waals surface area contributed by atoms with Crippen molar-refractivity contribution in [3.05, 3.63) is 29.6 Å². The van der Waals surface area contributed by atoms with Gasteiger partial charge in [0.2, 0.25) is 0 Å². The first-order valence-corrected chi connectivity index (χ1v) is 6.11. The monoisotopic (exact) mass is 266 g/mol. The first-order chi connectivity index (χ1) is 8.49. The zero-order valence-electron chi connectivity index (χ0n) is 10.4. The van der Waals surface area contributed by atoms with Crippen LogP contribution < -0.4 is 0 Å². The van der Waals surface area contributed by atoms with E-state index in [2.05, 4.69) is 18.7 Å². The summed E-state index contributed by atoms with van der Waals surface area (Å²) >= 11 is 3.95. The molecule has 1 rings (SSSR count). The Bertz CT molecular complexity index is 484. The minimum Gasteiger partial charge on any atom is -0.338 e. The molecule has 0 heterocycles. The largest absolute Gasteiger partial charge is 0.338 e. The molecule has 0 saturated carbocycles. The number of rotatable bonds is 4. The third-order valence-electron chi connectivity index (χ3n) is 2.58. The molecule has 0 fully saturated rings. The van der Waals surface area contributed by atoms with Gasteiger partial charge in [0.15, 0.2) is 0 Å². The number of benzene rings is 1. The molecule has 0 spiro atoms. The van der Waals surface area contributed by atoms with Crippen LogP contribution in [0, 0.1) is 23.1 Å². The number of thiol groups is 1. The van der Waals surface area contributed by atoms with Crippen molar-refractivity contribution in [2.75, 3.05) is 13.1 Å². The molecule has 1 aromatic carbocycles. The summed E-state index contributed by atoms with van der Waals surface area (Å²) in [6, 6.07) is 6.14. The van der Waals surface area contributed by atoms with E-state index in [4.69, 9.17) is 5.26 Å². The SMILES string of the molecule is CCN(CC(C)C#N)C(=O)c1ccc(F)c(S)c1. The number of carbonyl (C=O) groups is 1. The summed E-state index contributed by atoms with van der Waals surface area (Å²) in [5.74, 6) is -0.900. The van der Waals surface area contributed by atoms with Crippen molar-refractivity contribution in [3.8, 4) is 6.07 Å². The lowest BCUT2D eigenvalue weighted by molar-refractivity contribution is 0.0752. The maximum absolute atomic E-state index is 13.1. The summed E-state index contributed by atoms with van der Waals surface area (Å²) in [4.78, 5) is 13.9. The van der Waals surface area contributed by atoms with Crippen LogP contribution in [-0.4, -0.2) is 23.9 Å². The lowest BCUT2D eigenvalue weighted by Crippen LogP contribution is -2.34. The Morgan fingerprint density at radius 3 is 2.78 bits per heavy atom. The van der Waals surface area contributed by atoms with Gasteiger partial charge in [0.1, 0.15) is 5.82 Å². The molecule has 0 bridgehead atoms. The number of nitriles is 1. The molecule has 0 saturated heterocycles. The van der Waals surface area contributed by atoms with E-state index in [1.807, 2.05) is 6.92 Å². The number of carbonyl (C=O) groups excluding carboxylic acids is 1. The third kappa shape index (κ3) is 3.47. The standard InChI is InChI=1S/C13H15FN2OS/c1-3-16(8-9(2)7-15)13(17)10-4-5-11(14)12(18)6-10/h4-6,9,18H,3,8H2,1-2H3. The van der Waals surface area contributed by atoms with E-state index in [9.17, 15) is 9.18 Å². The lowest BCUT2D eigenvalue weighted by atomic mass is 10.1. The highest BCUT2D eigenvalue weighted by Gasteiger charge is 2.17. The van der Waals surface area contributed by atoms with Gasteiger partial charge in [0.05, 0.1) is 12.0 Å². The summed E-state index contributed by atoms with van der Waals surface area (Å²) in [7, 11) is 0. The Morgan fingerprint density at radius 1 is 1.61 bits per heavy atom. The first-order valence-electron chi connectivity index (χ1n) is 5.67. The van der Waals surface area contributed by atoms with Gasteiger partial charge >= 0.3 is 0 Å². The zero-order valence-corrected chi connectivity index (χ0v) is 11.2. The molecule has 0 aliphatic carbocycles. The van der Waals surface area contributed by atoms with Crippen LogP contribution in [0.25, 0.3) is 0 Å². The number of hydrogen-bond acceptors (Lipinski definition) is 3. The number of hydrogen-bond donors (Lipinski definition) is 1. The highest BCUT2D eigenvalue weighted by Crippen LogP contribution is 2.16. The smallest absolute Gasteiger partial charge is 0.253 e. The van der Waals surface area contributed by atoms with Gasteiger partial charge in [0, 0.05) is 23.5 Å². The van der Waals surface area contributed by atoms with Crippen molar-refractivity contribution in [1.29, 1.82) is 5.26 Å². The van der Waals surface area contributed by atoms with Crippen LogP contribution in [0.4, 0.5) is 4.39 Å². The van der Waals surface area contributed by atoms with Gasteiger partial charge < -0.3 is 4.90 Å². The molecule has 3 nitrogen and oxygen atoms in total. The molecular formula is C13H15FN2OS. The van der Waals surface area contributed by atoms with Gasteiger partial charge in [-0.3, -0.25) is 4.79 Å². The molecule has 0 aromatic heterocycles. The molecule has 0 radical (unpaired) electrons. The van der Waals surface area contributed by atoms with E-state index in [0.29, 0.717) is 18.7 Å². The van der Waals surface area contributed by atoms with Crippen molar-refractivity contribution >= 4 is 18.5 Å². The van der Waals surface area contributed by atoms with E-state index >= 15 is 0 Å². The summed E-state index contributed by atoms with van der Waals surface area (Å²) < 4.78 is 13.1. The second-order valence-electron chi connectivity index (χ2n) is 4.04. The normalized spacial score (nSPS) is 11.7. The Morgan fingerprint density at radius 2 is 2.28 bits per heavy atom.